The first-order valence-corrected chi connectivity index (χ1v) is 7.15. The standard InChI is InChI=1S/C15H21NO6/c17-8-12-15(20)11(18)6-14(22-12)21-9-13(19)16-7-10-4-2-1-3-5-10/h1-5,11-12,14-15,17-18,20H,6-9H2,(H,16,19)/t11-,12-,14+,15-/m1/s1. The van der Waals surface area contributed by atoms with Crippen LogP contribution >= 0.6 is 0 Å². The fourth-order valence-corrected chi connectivity index (χ4v) is 2.19. The van der Waals surface area contributed by atoms with Gasteiger partial charge in [-0.25, -0.2) is 0 Å². The Morgan fingerprint density at radius 2 is 2.05 bits per heavy atom. The number of rotatable bonds is 6. The van der Waals surface area contributed by atoms with Gasteiger partial charge in [-0.05, 0) is 5.56 Å². The lowest BCUT2D eigenvalue weighted by molar-refractivity contribution is -0.255. The average Bonchev–Trinajstić information content (AvgIpc) is 2.54. The third-order valence-electron chi connectivity index (χ3n) is 3.45. The van der Waals surface area contributed by atoms with Crippen molar-refractivity contribution in [2.24, 2.45) is 0 Å². The molecule has 0 spiro atoms. The molecule has 122 valence electrons. The molecule has 1 aliphatic heterocycles. The first-order valence-electron chi connectivity index (χ1n) is 7.15. The summed E-state index contributed by atoms with van der Waals surface area (Å²) in [6.45, 7) is -0.258. The van der Waals surface area contributed by atoms with Crippen molar-refractivity contribution in [3.05, 3.63) is 35.9 Å². The molecule has 0 bridgehead atoms. The number of hydrogen-bond donors (Lipinski definition) is 4. The summed E-state index contributed by atoms with van der Waals surface area (Å²) in [5.41, 5.74) is 0.976. The lowest BCUT2D eigenvalue weighted by atomic mass is 10.0. The van der Waals surface area contributed by atoms with Crippen molar-refractivity contribution in [1.82, 2.24) is 5.32 Å². The number of ether oxygens (including phenoxy) is 2. The first-order chi connectivity index (χ1) is 10.6. The van der Waals surface area contributed by atoms with E-state index in [0.717, 1.165) is 5.56 Å². The van der Waals surface area contributed by atoms with Gasteiger partial charge in [-0.15, -0.1) is 0 Å². The molecule has 4 N–H and O–H groups in total. The molecule has 7 nitrogen and oxygen atoms in total. The normalized spacial score (nSPS) is 28.3. The van der Waals surface area contributed by atoms with E-state index < -0.39 is 31.2 Å². The number of nitrogens with one attached hydrogen (secondary N) is 1. The highest BCUT2D eigenvalue weighted by Crippen LogP contribution is 2.20. The molecule has 0 aliphatic carbocycles. The monoisotopic (exact) mass is 311 g/mol. The molecule has 1 saturated heterocycles. The third-order valence-corrected chi connectivity index (χ3v) is 3.45. The molecule has 2 rings (SSSR count). The zero-order valence-corrected chi connectivity index (χ0v) is 12.1. The minimum atomic E-state index is -1.16. The van der Waals surface area contributed by atoms with E-state index in [0.29, 0.717) is 6.54 Å². The van der Waals surface area contributed by atoms with Crippen LogP contribution in [0.2, 0.25) is 0 Å². The summed E-state index contributed by atoms with van der Waals surface area (Å²) in [4.78, 5) is 11.7. The molecular formula is C15H21NO6. The molecule has 1 aromatic carbocycles. The van der Waals surface area contributed by atoms with E-state index in [-0.39, 0.29) is 18.9 Å². The summed E-state index contributed by atoms with van der Waals surface area (Å²) < 4.78 is 10.5. The Labute approximate surface area is 128 Å². The van der Waals surface area contributed by atoms with Crippen LogP contribution in [0.5, 0.6) is 0 Å². The van der Waals surface area contributed by atoms with Crippen molar-refractivity contribution in [1.29, 1.82) is 0 Å². The highest BCUT2D eigenvalue weighted by Gasteiger charge is 2.36. The van der Waals surface area contributed by atoms with Crippen LogP contribution in [0, 0.1) is 0 Å². The Balaban J connectivity index is 1.72. The van der Waals surface area contributed by atoms with Crippen molar-refractivity contribution in [3.63, 3.8) is 0 Å². The smallest absolute Gasteiger partial charge is 0.246 e. The van der Waals surface area contributed by atoms with Crippen LogP contribution in [0.15, 0.2) is 30.3 Å². The molecule has 0 saturated carbocycles. The van der Waals surface area contributed by atoms with Crippen LogP contribution in [-0.2, 0) is 20.8 Å². The maximum atomic E-state index is 11.7. The van der Waals surface area contributed by atoms with Crippen molar-refractivity contribution in [3.8, 4) is 0 Å². The van der Waals surface area contributed by atoms with Gasteiger partial charge in [0.2, 0.25) is 5.91 Å². The molecule has 1 heterocycles. The highest BCUT2D eigenvalue weighted by atomic mass is 16.7. The summed E-state index contributed by atoms with van der Waals surface area (Å²) in [5, 5.41) is 31.0. The van der Waals surface area contributed by atoms with Crippen LogP contribution in [0.4, 0.5) is 0 Å². The van der Waals surface area contributed by atoms with E-state index in [2.05, 4.69) is 5.32 Å². The van der Waals surface area contributed by atoms with Crippen molar-refractivity contribution < 1.29 is 29.6 Å². The van der Waals surface area contributed by atoms with Gasteiger partial charge in [0.05, 0.1) is 12.7 Å². The minimum Gasteiger partial charge on any atom is -0.394 e. The molecule has 0 aromatic heterocycles. The summed E-state index contributed by atoms with van der Waals surface area (Å²) in [5.74, 6) is -0.311. The van der Waals surface area contributed by atoms with Crippen molar-refractivity contribution in [2.75, 3.05) is 13.2 Å². The van der Waals surface area contributed by atoms with Gasteiger partial charge in [0.15, 0.2) is 6.29 Å². The number of hydrogen-bond acceptors (Lipinski definition) is 6. The Morgan fingerprint density at radius 3 is 2.73 bits per heavy atom. The van der Waals surface area contributed by atoms with Gasteiger partial charge in [-0.2, -0.15) is 0 Å². The molecule has 1 amide bonds. The zero-order valence-electron chi connectivity index (χ0n) is 12.1. The first kappa shape index (κ1) is 16.9. The second-order valence-electron chi connectivity index (χ2n) is 5.15. The van der Waals surface area contributed by atoms with Crippen molar-refractivity contribution in [2.45, 2.75) is 37.6 Å². The van der Waals surface area contributed by atoms with Crippen LogP contribution in [-0.4, -0.2) is 59.0 Å². The van der Waals surface area contributed by atoms with Gasteiger partial charge >= 0.3 is 0 Å². The minimum absolute atomic E-state index is 0.0453. The number of amides is 1. The van der Waals surface area contributed by atoms with Gasteiger partial charge in [0.1, 0.15) is 18.8 Å². The lowest BCUT2D eigenvalue weighted by Crippen LogP contribution is -2.50. The zero-order chi connectivity index (χ0) is 15.9. The Morgan fingerprint density at radius 1 is 1.32 bits per heavy atom. The Bertz CT molecular complexity index is 468. The molecule has 1 aromatic rings. The third kappa shape index (κ3) is 4.75. The quantitative estimate of drug-likeness (QED) is 0.545. The number of aliphatic hydroxyl groups excluding tert-OH is 3. The molecule has 1 aliphatic rings. The molecule has 0 unspecified atom stereocenters. The van der Waals surface area contributed by atoms with E-state index in [1.54, 1.807) is 0 Å². The second kappa shape index (κ2) is 8.21. The van der Waals surface area contributed by atoms with E-state index in [9.17, 15) is 15.0 Å². The molecule has 4 atom stereocenters. The van der Waals surface area contributed by atoms with Gasteiger partial charge in [-0.3, -0.25) is 4.79 Å². The SMILES string of the molecule is O=C(CO[C@@H]1C[C@@H](O)[C@@H](O)[C@@H](CO)O1)NCc1ccccc1. The van der Waals surface area contributed by atoms with Gasteiger partial charge < -0.3 is 30.1 Å². The van der Waals surface area contributed by atoms with Crippen LogP contribution in [0.25, 0.3) is 0 Å². The maximum absolute atomic E-state index is 11.7. The van der Waals surface area contributed by atoms with E-state index in [4.69, 9.17) is 14.6 Å². The molecular weight excluding hydrogens is 290 g/mol. The Hall–Kier alpha value is -1.51. The highest BCUT2D eigenvalue weighted by molar-refractivity contribution is 5.77. The predicted molar refractivity (Wildman–Crippen MR) is 76.6 cm³/mol. The fourth-order valence-electron chi connectivity index (χ4n) is 2.19. The van der Waals surface area contributed by atoms with E-state index >= 15 is 0 Å². The van der Waals surface area contributed by atoms with Gasteiger partial charge in [-0.1, -0.05) is 30.3 Å². The summed E-state index contributed by atoms with van der Waals surface area (Å²) >= 11 is 0. The maximum Gasteiger partial charge on any atom is 0.246 e. The van der Waals surface area contributed by atoms with E-state index in [1.807, 2.05) is 30.3 Å². The van der Waals surface area contributed by atoms with Gasteiger partial charge in [0.25, 0.3) is 0 Å². The summed E-state index contributed by atoms with van der Waals surface area (Å²) in [7, 11) is 0. The number of carbonyl (C=O) groups excluding carboxylic acids is 1. The molecule has 7 heteroatoms. The average molecular weight is 311 g/mol. The van der Waals surface area contributed by atoms with Crippen molar-refractivity contribution >= 4 is 5.91 Å². The van der Waals surface area contributed by atoms with Crippen LogP contribution < -0.4 is 5.32 Å². The summed E-state index contributed by atoms with van der Waals surface area (Å²) in [6.07, 6.45) is -3.91. The van der Waals surface area contributed by atoms with E-state index in [1.165, 1.54) is 0 Å². The number of aliphatic hydroxyl groups is 3. The second-order valence-corrected chi connectivity index (χ2v) is 5.15. The van der Waals surface area contributed by atoms with Gasteiger partial charge in [0, 0.05) is 13.0 Å². The predicted octanol–water partition coefficient (Wildman–Crippen LogP) is -0.851. The number of carbonyl (C=O) groups is 1. The fraction of sp³-hybridized carbons (Fsp3) is 0.533. The number of benzene rings is 1. The van der Waals surface area contributed by atoms with Crippen LogP contribution in [0.1, 0.15) is 12.0 Å². The summed E-state index contributed by atoms with van der Waals surface area (Å²) in [6, 6.07) is 9.46. The topological polar surface area (TPSA) is 108 Å². The lowest BCUT2D eigenvalue weighted by Gasteiger charge is -2.35. The molecule has 22 heavy (non-hydrogen) atoms. The Kier molecular flexibility index (Phi) is 6.29. The molecule has 1 fully saturated rings. The molecule has 0 radical (unpaired) electrons. The largest absolute Gasteiger partial charge is 0.394 e. The van der Waals surface area contributed by atoms with Crippen LogP contribution in [0.3, 0.4) is 0 Å².